The topological polar surface area (TPSA) is 73.6 Å². The van der Waals surface area contributed by atoms with E-state index in [1.807, 2.05) is 0 Å². The number of carbonyl (C=O) groups excluding carboxylic acids is 1. The zero-order valence-electron chi connectivity index (χ0n) is 12.0. The minimum absolute atomic E-state index is 0.0956. The molecule has 19 heavy (non-hydrogen) atoms. The molecule has 0 aromatic carbocycles. The van der Waals surface area contributed by atoms with Crippen LogP contribution >= 0.6 is 0 Å². The first-order valence-corrected chi connectivity index (χ1v) is 7.31. The number of hydrogen-bond acceptors (Lipinski definition) is 4. The van der Waals surface area contributed by atoms with Gasteiger partial charge in [-0.05, 0) is 25.2 Å². The first kappa shape index (κ1) is 14.8. The highest BCUT2D eigenvalue weighted by Crippen LogP contribution is 2.29. The highest BCUT2D eigenvalue weighted by Gasteiger charge is 2.43. The van der Waals surface area contributed by atoms with E-state index in [4.69, 9.17) is 15.2 Å². The molecule has 1 amide bonds. The molecule has 110 valence electrons. The van der Waals surface area contributed by atoms with Crippen LogP contribution in [0.2, 0.25) is 0 Å². The standard InChI is InChI=1S/C14H26N2O3/c1-10(2)12-8-14(13(15)17,5-7-19-12)16-9-11-4-3-6-18-11/h10-12,16H,3-9H2,1-2H3,(H2,15,17). The van der Waals surface area contributed by atoms with Crippen LogP contribution in [-0.2, 0) is 14.3 Å². The Morgan fingerprint density at radius 3 is 2.79 bits per heavy atom. The molecule has 0 aromatic heterocycles. The number of ether oxygens (including phenoxy) is 2. The van der Waals surface area contributed by atoms with Crippen molar-refractivity contribution >= 4 is 5.91 Å². The van der Waals surface area contributed by atoms with Crippen LogP contribution in [0.4, 0.5) is 0 Å². The van der Waals surface area contributed by atoms with Gasteiger partial charge in [-0.3, -0.25) is 4.79 Å². The lowest BCUT2D eigenvalue weighted by Gasteiger charge is -2.41. The molecule has 3 unspecified atom stereocenters. The molecule has 2 heterocycles. The van der Waals surface area contributed by atoms with Gasteiger partial charge in [0.2, 0.25) is 5.91 Å². The van der Waals surface area contributed by atoms with E-state index in [0.29, 0.717) is 31.9 Å². The Morgan fingerprint density at radius 1 is 1.42 bits per heavy atom. The number of nitrogens with two attached hydrogens (primary N) is 1. The second-order valence-electron chi connectivity index (χ2n) is 6.07. The predicted octanol–water partition coefficient (Wildman–Crippen LogP) is 0.814. The number of hydrogen-bond donors (Lipinski definition) is 2. The summed E-state index contributed by atoms with van der Waals surface area (Å²) in [6.45, 7) is 6.34. The Kier molecular flexibility index (Phi) is 4.81. The molecule has 2 fully saturated rings. The molecule has 0 bridgehead atoms. The molecule has 2 rings (SSSR count). The third-order valence-electron chi connectivity index (χ3n) is 4.32. The molecule has 0 aromatic rings. The van der Waals surface area contributed by atoms with Gasteiger partial charge in [-0.2, -0.15) is 0 Å². The molecule has 3 N–H and O–H groups in total. The van der Waals surface area contributed by atoms with Crippen LogP contribution in [0, 0.1) is 5.92 Å². The summed E-state index contributed by atoms with van der Waals surface area (Å²) in [5, 5.41) is 3.38. The van der Waals surface area contributed by atoms with E-state index in [0.717, 1.165) is 19.4 Å². The van der Waals surface area contributed by atoms with Crippen molar-refractivity contribution in [3.05, 3.63) is 0 Å². The van der Waals surface area contributed by atoms with E-state index in [1.54, 1.807) is 0 Å². The van der Waals surface area contributed by atoms with Gasteiger partial charge >= 0.3 is 0 Å². The molecule has 0 aliphatic carbocycles. The highest BCUT2D eigenvalue weighted by molar-refractivity contribution is 5.84. The fraction of sp³-hybridized carbons (Fsp3) is 0.929. The molecule has 5 heteroatoms. The quantitative estimate of drug-likeness (QED) is 0.775. The number of carbonyl (C=O) groups is 1. The first-order chi connectivity index (χ1) is 9.03. The van der Waals surface area contributed by atoms with Gasteiger partial charge in [0.25, 0.3) is 0 Å². The number of primary amides is 1. The lowest BCUT2D eigenvalue weighted by Crippen LogP contribution is -2.61. The Labute approximate surface area is 115 Å². The maximum atomic E-state index is 11.9. The van der Waals surface area contributed by atoms with Crippen molar-refractivity contribution in [1.29, 1.82) is 0 Å². The van der Waals surface area contributed by atoms with Gasteiger partial charge in [0, 0.05) is 26.2 Å². The Bertz CT molecular complexity index is 316. The number of nitrogens with one attached hydrogen (secondary N) is 1. The van der Waals surface area contributed by atoms with Crippen LogP contribution in [-0.4, -0.2) is 43.4 Å². The van der Waals surface area contributed by atoms with Gasteiger partial charge < -0.3 is 20.5 Å². The zero-order chi connectivity index (χ0) is 13.9. The van der Waals surface area contributed by atoms with Gasteiger partial charge in [-0.1, -0.05) is 13.8 Å². The smallest absolute Gasteiger partial charge is 0.237 e. The van der Waals surface area contributed by atoms with Crippen LogP contribution < -0.4 is 11.1 Å². The third kappa shape index (κ3) is 3.46. The van der Waals surface area contributed by atoms with E-state index < -0.39 is 5.54 Å². The van der Waals surface area contributed by atoms with Crippen LogP contribution in [0.1, 0.15) is 39.5 Å². The van der Waals surface area contributed by atoms with E-state index in [-0.39, 0.29) is 18.1 Å². The zero-order valence-corrected chi connectivity index (χ0v) is 12.0. The van der Waals surface area contributed by atoms with Gasteiger partial charge in [-0.15, -0.1) is 0 Å². The van der Waals surface area contributed by atoms with E-state index >= 15 is 0 Å². The van der Waals surface area contributed by atoms with E-state index in [2.05, 4.69) is 19.2 Å². The maximum Gasteiger partial charge on any atom is 0.237 e. The summed E-state index contributed by atoms with van der Waals surface area (Å²) in [7, 11) is 0. The van der Waals surface area contributed by atoms with Gasteiger partial charge in [0.05, 0.1) is 12.2 Å². The summed E-state index contributed by atoms with van der Waals surface area (Å²) in [5.74, 6) is 0.128. The molecular weight excluding hydrogens is 244 g/mol. The summed E-state index contributed by atoms with van der Waals surface area (Å²) in [6.07, 6.45) is 3.79. The average Bonchev–Trinajstić information content (AvgIpc) is 2.89. The van der Waals surface area contributed by atoms with E-state index in [1.165, 1.54) is 0 Å². The van der Waals surface area contributed by atoms with Crippen LogP contribution in [0.5, 0.6) is 0 Å². The third-order valence-corrected chi connectivity index (χ3v) is 4.32. The van der Waals surface area contributed by atoms with Crippen molar-refractivity contribution in [1.82, 2.24) is 5.32 Å². The lowest BCUT2D eigenvalue weighted by atomic mass is 9.82. The second-order valence-corrected chi connectivity index (χ2v) is 6.07. The molecule has 3 atom stereocenters. The maximum absolute atomic E-state index is 11.9. The minimum atomic E-state index is -0.626. The van der Waals surface area contributed by atoms with Gasteiger partial charge in [0.15, 0.2) is 0 Å². The summed E-state index contributed by atoms with van der Waals surface area (Å²) in [4.78, 5) is 11.9. The molecule has 0 radical (unpaired) electrons. The number of rotatable bonds is 5. The van der Waals surface area contributed by atoms with Crippen molar-refractivity contribution < 1.29 is 14.3 Å². The van der Waals surface area contributed by atoms with Crippen LogP contribution in [0.3, 0.4) is 0 Å². The second kappa shape index (κ2) is 6.20. The summed E-state index contributed by atoms with van der Waals surface area (Å²) < 4.78 is 11.3. The first-order valence-electron chi connectivity index (χ1n) is 7.31. The molecule has 2 saturated heterocycles. The molecular formula is C14H26N2O3. The SMILES string of the molecule is CC(C)C1CC(NCC2CCCO2)(C(N)=O)CCO1. The van der Waals surface area contributed by atoms with Crippen molar-refractivity contribution in [2.45, 2.75) is 57.3 Å². The van der Waals surface area contributed by atoms with Crippen molar-refractivity contribution in [3.63, 3.8) is 0 Å². The Hall–Kier alpha value is -0.650. The predicted molar refractivity (Wildman–Crippen MR) is 72.7 cm³/mol. The van der Waals surface area contributed by atoms with E-state index in [9.17, 15) is 4.79 Å². The van der Waals surface area contributed by atoms with Crippen LogP contribution in [0.25, 0.3) is 0 Å². The molecule has 2 aliphatic heterocycles. The number of amides is 1. The van der Waals surface area contributed by atoms with Crippen LogP contribution in [0.15, 0.2) is 0 Å². The molecule has 0 spiro atoms. The van der Waals surface area contributed by atoms with Crippen molar-refractivity contribution in [3.8, 4) is 0 Å². The fourth-order valence-corrected chi connectivity index (χ4v) is 2.90. The lowest BCUT2D eigenvalue weighted by molar-refractivity contribution is -0.133. The Balaban J connectivity index is 1.97. The normalized spacial score (nSPS) is 35.7. The molecule has 0 saturated carbocycles. The summed E-state index contributed by atoms with van der Waals surface area (Å²) in [5.41, 5.74) is 5.03. The monoisotopic (exact) mass is 270 g/mol. The summed E-state index contributed by atoms with van der Waals surface area (Å²) in [6, 6.07) is 0. The fourth-order valence-electron chi connectivity index (χ4n) is 2.90. The van der Waals surface area contributed by atoms with Crippen molar-refractivity contribution in [2.24, 2.45) is 11.7 Å². The van der Waals surface area contributed by atoms with Gasteiger partial charge in [-0.25, -0.2) is 0 Å². The minimum Gasteiger partial charge on any atom is -0.378 e. The highest BCUT2D eigenvalue weighted by atomic mass is 16.5. The van der Waals surface area contributed by atoms with Crippen molar-refractivity contribution in [2.75, 3.05) is 19.8 Å². The Morgan fingerprint density at radius 2 is 2.21 bits per heavy atom. The summed E-state index contributed by atoms with van der Waals surface area (Å²) >= 11 is 0. The average molecular weight is 270 g/mol. The molecule has 5 nitrogen and oxygen atoms in total. The largest absolute Gasteiger partial charge is 0.378 e. The molecule has 2 aliphatic rings. The van der Waals surface area contributed by atoms with Gasteiger partial charge in [0.1, 0.15) is 5.54 Å².